The zero-order chi connectivity index (χ0) is 16.9. The predicted octanol–water partition coefficient (Wildman–Crippen LogP) is 4.17. The van der Waals surface area contributed by atoms with E-state index in [2.05, 4.69) is 31.7 Å². The van der Waals surface area contributed by atoms with Gasteiger partial charge in [0.15, 0.2) is 5.82 Å². The lowest BCUT2D eigenvalue weighted by atomic mass is 10.1. The molecule has 1 aromatic heterocycles. The lowest BCUT2D eigenvalue weighted by molar-refractivity contribution is 0.251. The van der Waals surface area contributed by atoms with Crippen LogP contribution in [0.5, 0.6) is 0 Å². The molecule has 0 fully saturated rings. The standard InChI is InChI=1S/C18H17BrN4O/c1-23-16(13-7-3-2-4-8-13)11-17(22-23)21-18(24)20-12-14-9-5-6-10-15(14)19/h2-11H,12H2,1H3,(H2,20,21,22,24). The molecule has 1 heterocycles. The third-order valence-electron chi connectivity index (χ3n) is 3.59. The van der Waals surface area contributed by atoms with Gasteiger partial charge in [-0.2, -0.15) is 5.10 Å². The van der Waals surface area contributed by atoms with Crippen molar-refractivity contribution in [3.05, 3.63) is 70.7 Å². The third kappa shape index (κ3) is 3.83. The summed E-state index contributed by atoms with van der Waals surface area (Å²) >= 11 is 3.46. The fourth-order valence-electron chi connectivity index (χ4n) is 2.39. The van der Waals surface area contributed by atoms with Crippen LogP contribution < -0.4 is 10.6 Å². The highest BCUT2D eigenvalue weighted by molar-refractivity contribution is 9.10. The van der Waals surface area contributed by atoms with Crippen molar-refractivity contribution in [2.75, 3.05) is 5.32 Å². The van der Waals surface area contributed by atoms with E-state index in [1.807, 2.05) is 67.7 Å². The summed E-state index contributed by atoms with van der Waals surface area (Å²) in [6, 6.07) is 19.3. The second-order valence-corrected chi connectivity index (χ2v) is 6.16. The molecule has 0 unspecified atom stereocenters. The fourth-order valence-corrected chi connectivity index (χ4v) is 2.81. The number of urea groups is 1. The number of carbonyl (C=O) groups excluding carboxylic acids is 1. The van der Waals surface area contributed by atoms with Gasteiger partial charge in [0, 0.05) is 24.1 Å². The van der Waals surface area contributed by atoms with Gasteiger partial charge in [-0.3, -0.25) is 10.00 Å². The lowest BCUT2D eigenvalue weighted by Crippen LogP contribution is -2.28. The summed E-state index contributed by atoms with van der Waals surface area (Å²) in [6.07, 6.45) is 0. The van der Waals surface area contributed by atoms with Gasteiger partial charge in [0.25, 0.3) is 0 Å². The van der Waals surface area contributed by atoms with Crippen molar-refractivity contribution in [3.63, 3.8) is 0 Å². The molecule has 0 saturated carbocycles. The Morgan fingerprint density at radius 2 is 1.83 bits per heavy atom. The minimum atomic E-state index is -0.288. The molecule has 2 N–H and O–H groups in total. The van der Waals surface area contributed by atoms with Gasteiger partial charge in [0.1, 0.15) is 0 Å². The number of hydrogen-bond donors (Lipinski definition) is 2. The van der Waals surface area contributed by atoms with Crippen molar-refractivity contribution >= 4 is 27.8 Å². The zero-order valence-electron chi connectivity index (χ0n) is 13.2. The van der Waals surface area contributed by atoms with E-state index in [9.17, 15) is 4.79 Å². The van der Waals surface area contributed by atoms with E-state index >= 15 is 0 Å². The van der Waals surface area contributed by atoms with Crippen molar-refractivity contribution in [2.24, 2.45) is 7.05 Å². The largest absolute Gasteiger partial charge is 0.334 e. The van der Waals surface area contributed by atoms with Crippen LogP contribution in [0.4, 0.5) is 10.6 Å². The molecule has 0 spiro atoms. The quantitative estimate of drug-likeness (QED) is 0.708. The van der Waals surface area contributed by atoms with Crippen LogP contribution in [0.15, 0.2) is 65.1 Å². The molecular weight excluding hydrogens is 368 g/mol. The summed E-state index contributed by atoms with van der Waals surface area (Å²) in [6.45, 7) is 0.436. The molecule has 2 aromatic carbocycles. The van der Waals surface area contributed by atoms with Gasteiger partial charge in [-0.15, -0.1) is 0 Å². The van der Waals surface area contributed by atoms with Gasteiger partial charge < -0.3 is 5.32 Å². The number of nitrogens with one attached hydrogen (secondary N) is 2. The minimum absolute atomic E-state index is 0.288. The molecule has 6 heteroatoms. The van der Waals surface area contributed by atoms with Gasteiger partial charge in [-0.1, -0.05) is 64.5 Å². The van der Waals surface area contributed by atoms with Gasteiger partial charge in [-0.25, -0.2) is 4.79 Å². The summed E-state index contributed by atoms with van der Waals surface area (Å²) in [5.74, 6) is 0.515. The topological polar surface area (TPSA) is 59.0 Å². The molecule has 0 aliphatic heterocycles. The second-order valence-electron chi connectivity index (χ2n) is 5.30. The van der Waals surface area contributed by atoms with E-state index in [4.69, 9.17) is 0 Å². The summed E-state index contributed by atoms with van der Waals surface area (Å²) in [5.41, 5.74) is 3.00. The Kier molecular flexibility index (Phi) is 4.96. The molecule has 0 atom stereocenters. The van der Waals surface area contributed by atoms with Crippen molar-refractivity contribution < 1.29 is 4.79 Å². The number of benzene rings is 2. The van der Waals surface area contributed by atoms with Crippen molar-refractivity contribution in [1.29, 1.82) is 0 Å². The monoisotopic (exact) mass is 384 g/mol. The van der Waals surface area contributed by atoms with Crippen LogP contribution in [0.3, 0.4) is 0 Å². The number of carbonyl (C=O) groups is 1. The van der Waals surface area contributed by atoms with Crippen molar-refractivity contribution in [1.82, 2.24) is 15.1 Å². The number of aromatic nitrogens is 2. The Labute approximate surface area is 148 Å². The molecule has 5 nitrogen and oxygen atoms in total. The number of hydrogen-bond acceptors (Lipinski definition) is 2. The molecule has 3 rings (SSSR count). The SMILES string of the molecule is Cn1nc(NC(=O)NCc2ccccc2Br)cc1-c1ccccc1. The molecule has 0 radical (unpaired) electrons. The lowest BCUT2D eigenvalue weighted by Gasteiger charge is -2.07. The van der Waals surface area contributed by atoms with E-state index in [0.29, 0.717) is 12.4 Å². The predicted molar refractivity (Wildman–Crippen MR) is 98.6 cm³/mol. The maximum atomic E-state index is 12.1. The highest BCUT2D eigenvalue weighted by Gasteiger charge is 2.10. The number of halogens is 1. The molecular formula is C18H17BrN4O. The smallest absolute Gasteiger partial charge is 0.320 e. The number of aryl methyl sites for hydroxylation is 1. The summed E-state index contributed by atoms with van der Waals surface area (Å²) in [7, 11) is 1.85. The summed E-state index contributed by atoms with van der Waals surface area (Å²) in [5, 5.41) is 9.93. The Hall–Kier alpha value is -2.60. The van der Waals surface area contributed by atoms with E-state index < -0.39 is 0 Å². The Bertz CT molecular complexity index is 845. The van der Waals surface area contributed by atoms with Crippen LogP contribution in [0, 0.1) is 0 Å². The van der Waals surface area contributed by atoms with Crippen LogP contribution in [-0.4, -0.2) is 15.8 Å². The first kappa shape index (κ1) is 16.3. The van der Waals surface area contributed by atoms with Crippen LogP contribution >= 0.6 is 15.9 Å². The molecule has 0 bridgehead atoms. The van der Waals surface area contributed by atoms with E-state index in [0.717, 1.165) is 21.3 Å². The van der Waals surface area contributed by atoms with Gasteiger partial charge in [-0.05, 0) is 17.2 Å². The van der Waals surface area contributed by atoms with Crippen LogP contribution in [-0.2, 0) is 13.6 Å². The highest BCUT2D eigenvalue weighted by Crippen LogP contribution is 2.21. The van der Waals surface area contributed by atoms with Crippen molar-refractivity contribution in [2.45, 2.75) is 6.54 Å². The van der Waals surface area contributed by atoms with E-state index in [1.165, 1.54) is 0 Å². The molecule has 24 heavy (non-hydrogen) atoms. The average Bonchev–Trinajstić information content (AvgIpc) is 2.95. The number of anilines is 1. The third-order valence-corrected chi connectivity index (χ3v) is 4.36. The Morgan fingerprint density at radius 3 is 2.58 bits per heavy atom. The van der Waals surface area contributed by atoms with Crippen LogP contribution in [0.2, 0.25) is 0 Å². The summed E-state index contributed by atoms with van der Waals surface area (Å²) < 4.78 is 2.72. The molecule has 122 valence electrons. The van der Waals surface area contributed by atoms with Gasteiger partial charge in [0.05, 0.1) is 5.69 Å². The number of rotatable bonds is 4. The van der Waals surface area contributed by atoms with Crippen molar-refractivity contribution in [3.8, 4) is 11.3 Å². The molecule has 0 saturated heterocycles. The summed E-state index contributed by atoms with van der Waals surface area (Å²) in [4.78, 5) is 12.1. The highest BCUT2D eigenvalue weighted by atomic mass is 79.9. The van der Waals surface area contributed by atoms with Gasteiger partial charge in [0.2, 0.25) is 0 Å². The fraction of sp³-hybridized carbons (Fsp3) is 0.111. The first-order valence-electron chi connectivity index (χ1n) is 7.51. The maximum absolute atomic E-state index is 12.1. The van der Waals surface area contributed by atoms with E-state index in [1.54, 1.807) is 4.68 Å². The number of nitrogens with zero attached hydrogens (tertiary/aromatic N) is 2. The molecule has 0 aliphatic carbocycles. The Balaban J connectivity index is 1.64. The molecule has 3 aromatic rings. The zero-order valence-corrected chi connectivity index (χ0v) is 14.7. The molecule has 0 aliphatic rings. The maximum Gasteiger partial charge on any atom is 0.320 e. The average molecular weight is 385 g/mol. The van der Waals surface area contributed by atoms with Crippen LogP contribution in [0.25, 0.3) is 11.3 Å². The normalized spacial score (nSPS) is 10.4. The van der Waals surface area contributed by atoms with Crippen LogP contribution in [0.1, 0.15) is 5.56 Å². The van der Waals surface area contributed by atoms with E-state index in [-0.39, 0.29) is 6.03 Å². The first-order valence-corrected chi connectivity index (χ1v) is 8.30. The minimum Gasteiger partial charge on any atom is -0.334 e. The van der Waals surface area contributed by atoms with Gasteiger partial charge >= 0.3 is 6.03 Å². The molecule has 2 amide bonds. The Morgan fingerprint density at radius 1 is 1.12 bits per heavy atom. The first-order chi connectivity index (χ1) is 11.6. The number of amides is 2. The second kappa shape index (κ2) is 7.31.